The molecule has 0 saturated heterocycles. The molecule has 0 aromatic carbocycles. The van der Waals surface area contributed by atoms with Crippen molar-refractivity contribution >= 4 is 22.9 Å². The SMILES string of the molecule is CC(C)(C)C1CCc2c(sc(Cl)c2CN)C1. The van der Waals surface area contributed by atoms with Gasteiger partial charge in [-0.1, -0.05) is 32.4 Å². The average Bonchev–Trinajstić information content (AvgIpc) is 2.50. The summed E-state index contributed by atoms with van der Waals surface area (Å²) in [6.45, 7) is 7.59. The topological polar surface area (TPSA) is 26.0 Å². The molecule has 1 aliphatic rings. The van der Waals surface area contributed by atoms with Crippen molar-refractivity contribution in [2.75, 3.05) is 0 Å². The Morgan fingerprint density at radius 3 is 2.69 bits per heavy atom. The largest absolute Gasteiger partial charge is 0.326 e. The Morgan fingerprint density at radius 1 is 1.44 bits per heavy atom. The summed E-state index contributed by atoms with van der Waals surface area (Å²) in [5.74, 6) is 0.778. The zero-order valence-electron chi connectivity index (χ0n) is 10.3. The van der Waals surface area contributed by atoms with Crippen LogP contribution in [-0.4, -0.2) is 0 Å². The van der Waals surface area contributed by atoms with Crippen LogP contribution < -0.4 is 5.73 Å². The molecule has 1 aromatic rings. The lowest BCUT2D eigenvalue weighted by atomic mass is 9.72. The summed E-state index contributed by atoms with van der Waals surface area (Å²) >= 11 is 7.98. The van der Waals surface area contributed by atoms with Crippen LogP contribution in [0.2, 0.25) is 4.34 Å². The Labute approximate surface area is 107 Å². The van der Waals surface area contributed by atoms with Crippen LogP contribution in [0.25, 0.3) is 0 Å². The van der Waals surface area contributed by atoms with Crippen LogP contribution in [0.15, 0.2) is 0 Å². The smallest absolute Gasteiger partial charge is 0.0978 e. The Bertz CT molecular complexity index is 389. The molecule has 0 fully saturated rings. The number of thiophene rings is 1. The summed E-state index contributed by atoms with van der Waals surface area (Å²) in [6.07, 6.45) is 3.62. The van der Waals surface area contributed by atoms with Crippen molar-refractivity contribution in [1.82, 2.24) is 0 Å². The summed E-state index contributed by atoms with van der Waals surface area (Å²) in [7, 11) is 0. The highest BCUT2D eigenvalue weighted by Crippen LogP contribution is 2.43. The van der Waals surface area contributed by atoms with Crippen molar-refractivity contribution in [1.29, 1.82) is 0 Å². The van der Waals surface area contributed by atoms with E-state index < -0.39 is 0 Å². The zero-order chi connectivity index (χ0) is 11.9. The Hall–Kier alpha value is -0.0500. The van der Waals surface area contributed by atoms with Gasteiger partial charge < -0.3 is 5.73 Å². The van der Waals surface area contributed by atoms with Gasteiger partial charge in [-0.3, -0.25) is 0 Å². The third-order valence-electron chi connectivity index (χ3n) is 3.75. The van der Waals surface area contributed by atoms with E-state index in [9.17, 15) is 0 Å². The normalized spacial score (nSPS) is 20.9. The van der Waals surface area contributed by atoms with E-state index in [0.717, 1.165) is 16.7 Å². The van der Waals surface area contributed by atoms with Crippen LogP contribution in [0.5, 0.6) is 0 Å². The average molecular weight is 258 g/mol. The van der Waals surface area contributed by atoms with Crippen molar-refractivity contribution in [2.24, 2.45) is 17.1 Å². The molecule has 90 valence electrons. The summed E-state index contributed by atoms with van der Waals surface area (Å²) < 4.78 is 0.919. The van der Waals surface area contributed by atoms with Gasteiger partial charge in [-0.15, -0.1) is 11.3 Å². The molecule has 1 unspecified atom stereocenters. The van der Waals surface area contributed by atoms with Crippen LogP contribution in [-0.2, 0) is 19.4 Å². The monoisotopic (exact) mass is 257 g/mol. The van der Waals surface area contributed by atoms with Gasteiger partial charge in [0.05, 0.1) is 4.34 Å². The molecule has 1 nitrogen and oxygen atoms in total. The summed E-state index contributed by atoms with van der Waals surface area (Å²) in [5.41, 5.74) is 8.82. The second-order valence-corrected chi connectivity index (χ2v) is 7.47. The molecule has 1 aromatic heterocycles. The Morgan fingerprint density at radius 2 is 2.12 bits per heavy atom. The van der Waals surface area contributed by atoms with Gasteiger partial charge in [-0.2, -0.15) is 0 Å². The van der Waals surface area contributed by atoms with E-state index in [1.807, 2.05) is 0 Å². The first-order valence-corrected chi connectivity index (χ1v) is 7.12. The molecule has 0 saturated carbocycles. The van der Waals surface area contributed by atoms with E-state index in [4.69, 9.17) is 17.3 Å². The third-order valence-corrected chi connectivity index (χ3v) is 5.30. The maximum absolute atomic E-state index is 6.24. The van der Waals surface area contributed by atoms with Crippen LogP contribution in [0.3, 0.4) is 0 Å². The fourth-order valence-electron chi connectivity index (χ4n) is 2.56. The number of rotatable bonds is 1. The van der Waals surface area contributed by atoms with Crippen molar-refractivity contribution in [3.05, 3.63) is 20.3 Å². The lowest BCUT2D eigenvalue weighted by molar-refractivity contribution is 0.217. The molecule has 0 radical (unpaired) electrons. The fraction of sp³-hybridized carbons (Fsp3) is 0.692. The molecular formula is C13H20ClNS. The van der Waals surface area contributed by atoms with E-state index >= 15 is 0 Å². The lowest BCUT2D eigenvalue weighted by Gasteiger charge is -2.34. The number of nitrogens with two attached hydrogens (primary N) is 1. The van der Waals surface area contributed by atoms with E-state index in [1.54, 1.807) is 11.3 Å². The second-order valence-electron chi connectivity index (χ2n) is 5.77. The van der Waals surface area contributed by atoms with Gasteiger partial charge >= 0.3 is 0 Å². The van der Waals surface area contributed by atoms with Crippen LogP contribution in [0.4, 0.5) is 0 Å². The molecule has 0 bridgehead atoms. The zero-order valence-corrected chi connectivity index (χ0v) is 11.8. The Balaban J connectivity index is 2.29. The Kier molecular flexibility index (Phi) is 3.35. The van der Waals surface area contributed by atoms with Gasteiger partial charge in [0, 0.05) is 11.4 Å². The first kappa shape index (κ1) is 12.4. The summed E-state index contributed by atoms with van der Waals surface area (Å²) in [5, 5.41) is 0. The summed E-state index contributed by atoms with van der Waals surface area (Å²) in [4.78, 5) is 1.48. The maximum Gasteiger partial charge on any atom is 0.0978 e. The van der Waals surface area contributed by atoms with Crippen molar-refractivity contribution in [3.8, 4) is 0 Å². The van der Waals surface area contributed by atoms with Gasteiger partial charge in [0.15, 0.2) is 0 Å². The van der Waals surface area contributed by atoms with Gasteiger partial charge in [0.25, 0.3) is 0 Å². The van der Waals surface area contributed by atoms with Gasteiger partial charge in [0.2, 0.25) is 0 Å². The van der Waals surface area contributed by atoms with E-state index in [-0.39, 0.29) is 0 Å². The number of hydrogen-bond donors (Lipinski definition) is 1. The fourth-order valence-corrected chi connectivity index (χ4v) is 4.21. The minimum absolute atomic E-state index is 0.400. The van der Waals surface area contributed by atoms with Crippen LogP contribution >= 0.6 is 22.9 Å². The van der Waals surface area contributed by atoms with Crippen molar-refractivity contribution in [3.63, 3.8) is 0 Å². The highest BCUT2D eigenvalue weighted by atomic mass is 35.5. The number of halogens is 1. The molecule has 1 atom stereocenters. The molecule has 2 N–H and O–H groups in total. The van der Waals surface area contributed by atoms with Crippen LogP contribution in [0.1, 0.15) is 43.2 Å². The van der Waals surface area contributed by atoms with Crippen LogP contribution in [0, 0.1) is 11.3 Å². The molecule has 16 heavy (non-hydrogen) atoms. The standard InChI is InChI=1S/C13H20ClNS/c1-13(2,3)8-4-5-9-10(7-15)12(14)16-11(9)6-8/h8H,4-7,15H2,1-3H3. The molecule has 0 amide bonds. The number of fused-ring (bicyclic) bond motifs is 1. The van der Waals surface area contributed by atoms with Gasteiger partial charge in [0.1, 0.15) is 0 Å². The third kappa shape index (κ3) is 2.15. The molecule has 1 aliphatic carbocycles. The van der Waals surface area contributed by atoms with Gasteiger partial charge in [-0.25, -0.2) is 0 Å². The molecule has 0 aliphatic heterocycles. The highest BCUT2D eigenvalue weighted by molar-refractivity contribution is 7.16. The minimum atomic E-state index is 0.400. The van der Waals surface area contributed by atoms with Crippen molar-refractivity contribution in [2.45, 2.75) is 46.6 Å². The first-order chi connectivity index (χ1) is 7.43. The quantitative estimate of drug-likeness (QED) is 0.808. The van der Waals surface area contributed by atoms with Gasteiger partial charge in [-0.05, 0) is 41.7 Å². The molecular weight excluding hydrogens is 238 g/mol. The predicted octanol–water partition coefficient (Wildman–Crippen LogP) is 4.01. The predicted molar refractivity (Wildman–Crippen MR) is 72.2 cm³/mol. The second kappa shape index (κ2) is 4.32. The highest BCUT2D eigenvalue weighted by Gasteiger charge is 2.31. The lowest BCUT2D eigenvalue weighted by Crippen LogP contribution is -2.26. The van der Waals surface area contributed by atoms with E-state index in [1.165, 1.54) is 28.8 Å². The molecule has 0 spiro atoms. The number of hydrogen-bond acceptors (Lipinski definition) is 2. The minimum Gasteiger partial charge on any atom is -0.326 e. The maximum atomic E-state index is 6.24. The van der Waals surface area contributed by atoms with Crippen molar-refractivity contribution < 1.29 is 0 Å². The molecule has 3 heteroatoms. The molecule has 2 rings (SSSR count). The molecule has 1 heterocycles. The van der Waals surface area contributed by atoms with E-state index in [0.29, 0.717) is 12.0 Å². The van der Waals surface area contributed by atoms with E-state index in [2.05, 4.69) is 20.8 Å². The summed E-state index contributed by atoms with van der Waals surface area (Å²) in [6, 6.07) is 0. The first-order valence-electron chi connectivity index (χ1n) is 5.92.